The fraction of sp³-hybridized carbons (Fsp3) is 0.364. The van der Waals surface area contributed by atoms with Crippen LogP contribution in [0.1, 0.15) is 50.3 Å². The Balaban J connectivity index is 1.75. The summed E-state index contributed by atoms with van der Waals surface area (Å²) < 4.78 is 21.9. The maximum absolute atomic E-state index is 13.5. The highest BCUT2D eigenvalue weighted by molar-refractivity contribution is 7.99. The molecule has 0 aromatic heterocycles. The van der Waals surface area contributed by atoms with Gasteiger partial charge in [-0.15, -0.1) is 11.8 Å². The highest BCUT2D eigenvalue weighted by atomic mass is 32.2. The highest BCUT2D eigenvalue weighted by Gasteiger charge is 2.34. The lowest BCUT2D eigenvalue weighted by atomic mass is 10.1. The molecule has 42 heavy (non-hydrogen) atoms. The number of carbonyl (C=O) groups excluding carboxylic acids is 3. The number of nitrogens with one attached hydrogen (secondary N) is 1. The first-order chi connectivity index (χ1) is 20.1. The molecule has 9 heteroatoms. The smallest absolute Gasteiger partial charge is 0.407 e. The predicted octanol–water partition coefficient (Wildman–Crippen LogP) is 6.46. The first-order valence-corrected chi connectivity index (χ1v) is 14.8. The lowest BCUT2D eigenvalue weighted by Gasteiger charge is -2.29. The van der Waals surface area contributed by atoms with Gasteiger partial charge in [-0.05, 0) is 56.0 Å². The molecule has 0 saturated carbocycles. The number of alkyl carbamates (subject to hydrolysis) is 1. The second-order valence-electron chi connectivity index (χ2n) is 10.6. The fourth-order valence-electron chi connectivity index (χ4n) is 3.92. The van der Waals surface area contributed by atoms with E-state index in [-0.39, 0.29) is 26.1 Å². The first-order valence-electron chi connectivity index (χ1n) is 13.8. The van der Waals surface area contributed by atoms with Crippen LogP contribution >= 0.6 is 11.8 Å². The molecule has 2 atom stereocenters. The van der Waals surface area contributed by atoms with Crippen LogP contribution in [0.3, 0.4) is 0 Å². The first kappa shape index (κ1) is 32.5. The van der Waals surface area contributed by atoms with Gasteiger partial charge in [-0.25, -0.2) is 4.79 Å². The van der Waals surface area contributed by atoms with Crippen molar-refractivity contribution in [1.29, 1.82) is 0 Å². The van der Waals surface area contributed by atoms with E-state index in [9.17, 15) is 14.4 Å². The molecular weight excluding hydrogens is 554 g/mol. The summed E-state index contributed by atoms with van der Waals surface area (Å²) in [6.07, 6.45) is -0.563. The number of methoxy groups -OCH3 is 1. The van der Waals surface area contributed by atoms with Gasteiger partial charge in [0.2, 0.25) is 0 Å². The standard InChI is InChI=1S/C33H39NO7S/c1-33(2,3)41-31(36)30(42-23-26-15-17-27(38-4)18-16-26)28(34-32(37)40-22-25-13-9-6-10-14-25)19-20-29(35)39-21-24-11-7-5-8-12-24/h5-18,28,30H,19-23H2,1-4H3,(H,34,37)/t28-,30-/m1/s1. The molecule has 8 nitrogen and oxygen atoms in total. The molecule has 0 fully saturated rings. The number of hydrogen-bond acceptors (Lipinski definition) is 8. The van der Waals surface area contributed by atoms with Gasteiger partial charge in [-0.3, -0.25) is 9.59 Å². The number of rotatable bonds is 14. The van der Waals surface area contributed by atoms with Crippen LogP contribution in [0.2, 0.25) is 0 Å². The summed E-state index contributed by atoms with van der Waals surface area (Å²) in [5.41, 5.74) is 1.91. The molecule has 0 spiro atoms. The Kier molecular flexibility index (Phi) is 12.7. The van der Waals surface area contributed by atoms with Crippen LogP contribution in [0.25, 0.3) is 0 Å². The van der Waals surface area contributed by atoms with E-state index < -0.39 is 34.9 Å². The minimum Gasteiger partial charge on any atom is -0.497 e. The third-order valence-corrected chi connectivity index (χ3v) is 7.39. The number of carbonyl (C=O) groups is 3. The molecule has 3 aromatic rings. The quantitative estimate of drug-likeness (QED) is 0.168. The zero-order valence-electron chi connectivity index (χ0n) is 24.5. The van der Waals surface area contributed by atoms with Crippen LogP contribution in [0.15, 0.2) is 84.9 Å². The maximum Gasteiger partial charge on any atom is 0.407 e. The second-order valence-corrected chi connectivity index (χ2v) is 11.7. The van der Waals surface area contributed by atoms with E-state index in [0.717, 1.165) is 22.4 Å². The van der Waals surface area contributed by atoms with Gasteiger partial charge in [-0.2, -0.15) is 0 Å². The van der Waals surface area contributed by atoms with Gasteiger partial charge in [0.15, 0.2) is 0 Å². The summed E-state index contributed by atoms with van der Waals surface area (Å²) in [5, 5.41) is 2.01. The molecule has 0 heterocycles. The number of benzene rings is 3. The molecule has 0 aliphatic heterocycles. The Labute approximate surface area is 252 Å². The summed E-state index contributed by atoms with van der Waals surface area (Å²) in [6, 6.07) is 25.4. The molecule has 0 unspecified atom stereocenters. The molecule has 0 saturated heterocycles. The zero-order valence-corrected chi connectivity index (χ0v) is 25.4. The monoisotopic (exact) mass is 593 g/mol. The Bertz CT molecular complexity index is 1260. The number of amides is 1. The van der Waals surface area contributed by atoms with Crippen molar-refractivity contribution in [2.24, 2.45) is 0 Å². The fourth-order valence-corrected chi connectivity index (χ4v) is 5.10. The van der Waals surface area contributed by atoms with Crippen LogP contribution in [0.5, 0.6) is 5.75 Å². The van der Waals surface area contributed by atoms with Gasteiger partial charge in [0.25, 0.3) is 0 Å². The van der Waals surface area contributed by atoms with Crippen molar-refractivity contribution in [2.75, 3.05) is 7.11 Å². The van der Waals surface area contributed by atoms with E-state index >= 15 is 0 Å². The maximum atomic E-state index is 13.5. The van der Waals surface area contributed by atoms with E-state index in [4.69, 9.17) is 18.9 Å². The largest absolute Gasteiger partial charge is 0.497 e. The highest BCUT2D eigenvalue weighted by Crippen LogP contribution is 2.27. The predicted molar refractivity (Wildman–Crippen MR) is 163 cm³/mol. The normalized spacial score (nSPS) is 12.5. The van der Waals surface area contributed by atoms with Crippen molar-refractivity contribution in [3.63, 3.8) is 0 Å². The molecule has 0 aliphatic rings. The Hall–Kier alpha value is -3.98. The zero-order chi connectivity index (χ0) is 30.4. The summed E-state index contributed by atoms with van der Waals surface area (Å²) >= 11 is 1.33. The van der Waals surface area contributed by atoms with E-state index in [0.29, 0.717) is 5.75 Å². The minimum atomic E-state index is -0.822. The third-order valence-electron chi connectivity index (χ3n) is 6.01. The summed E-state index contributed by atoms with van der Waals surface area (Å²) in [7, 11) is 1.60. The van der Waals surface area contributed by atoms with Crippen LogP contribution in [0, 0.1) is 0 Å². The molecule has 3 rings (SSSR count). The van der Waals surface area contributed by atoms with E-state index in [1.807, 2.05) is 84.9 Å². The Morgan fingerprint density at radius 2 is 1.36 bits per heavy atom. The molecule has 1 N–H and O–H groups in total. The van der Waals surface area contributed by atoms with Crippen molar-refractivity contribution in [3.05, 3.63) is 102 Å². The Morgan fingerprint density at radius 1 is 0.786 bits per heavy atom. The van der Waals surface area contributed by atoms with Crippen molar-refractivity contribution >= 4 is 29.8 Å². The topological polar surface area (TPSA) is 100 Å². The number of ether oxygens (including phenoxy) is 4. The lowest BCUT2D eigenvalue weighted by Crippen LogP contribution is -2.47. The van der Waals surface area contributed by atoms with Gasteiger partial charge >= 0.3 is 18.0 Å². The lowest BCUT2D eigenvalue weighted by molar-refractivity contribution is -0.155. The van der Waals surface area contributed by atoms with Gasteiger partial charge in [-0.1, -0.05) is 72.8 Å². The van der Waals surface area contributed by atoms with Crippen LogP contribution in [-0.4, -0.2) is 42.0 Å². The minimum absolute atomic E-state index is 0.0150. The van der Waals surface area contributed by atoms with Crippen molar-refractivity contribution in [3.8, 4) is 5.75 Å². The van der Waals surface area contributed by atoms with Crippen molar-refractivity contribution in [2.45, 2.75) is 69.5 Å². The average molecular weight is 594 g/mol. The summed E-state index contributed by atoms with van der Waals surface area (Å²) in [6.45, 7) is 5.56. The molecule has 1 amide bonds. The molecular formula is C33H39NO7S. The second kappa shape index (κ2) is 16.5. The van der Waals surface area contributed by atoms with Crippen LogP contribution in [0.4, 0.5) is 4.79 Å². The SMILES string of the molecule is COc1ccc(CS[C@@H](C(=O)OC(C)(C)C)[C@@H](CCC(=O)OCc2ccccc2)NC(=O)OCc2ccccc2)cc1. The third kappa shape index (κ3) is 11.9. The molecule has 224 valence electrons. The molecule has 0 bridgehead atoms. The van der Waals surface area contributed by atoms with E-state index in [1.165, 1.54) is 11.8 Å². The number of hydrogen-bond donors (Lipinski definition) is 1. The summed E-state index contributed by atoms with van der Waals surface area (Å²) in [4.78, 5) is 39.1. The van der Waals surface area contributed by atoms with Crippen LogP contribution < -0.4 is 10.1 Å². The molecule has 0 aliphatic carbocycles. The van der Waals surface area contributed by atoms with E-state index in [2.05, 4.69) is 5.32 Å². The summed E-state index contributed by atoms with van der Waals surface area (Å²) in [5.74, 6) is 0.254. The molecule has 0 radical (unpaired) electrons. The Morgan fingerprint density at radius 3 is 1.90 bits per heavy atom. The van der Waals surface area contributed by atoms with Gasteiger partial charge in [0.1, 0.15) is 29.8 Å². The molecule has 3 aromatic carbocycles. The van der Waals surface area contributed by atoms with Gasteiger partial charge in [0.05, 0.1) is 13.2 Å². The number of esters is 2. The van der Waals surface area contributed by atoms with Gasteiger partial charge < -0.3 is 24.3 Å². The van der Waals surface area contributed by atoms with Crippen molar-refractivity contribution in [1.82, 2.24) is 5.32 Å². The van der Waals surface area contributed by atoms with Crippen molar-refractivity contribution < 1.29 is 33.3 Å². The van der Waals surface area contributed by atoms with E-state index in [1.54, 1.807) is 27.9 Å². The number of thioether (sulfide) groups is 1. The van der Waals surface area contributed by atoms with Crippen LogP contribution in [-0.2, 0) is 42.8 Å². The average Bonchev–Trinajstić information content (AvgIpc) is 2.98. The van der Waals surface area contributed by atoms with Gasteiger partial charge in [0, 0.05) is 12.2 Å².